The van der Waals surface area contributed by atoms with Gasteiger partial charge in [-0.05, 0) is 30.7 Å². The number of amides is 2. The fraction of sp³-hybridized carbons (Fsp3) is 0.357. The van der Waals surface area contributed by atoms with E-state index in [2.05, 4.69) is 10.1 Å². The molecule has 1 aliphatic rings. The number of nitrogens with zero attached hydrogens (tertiary/aromatic N) is 1. The Balaban J connectivity index is 2.04. The lowest BCUT2D eigenvalue weighted by atomic mass is 10.1. The number of Topliss-reactive ketones (excluding diaryl/α,β-unsaturated/α-hetero) is 1. The van der Waals surface area contributed by atoms with Crippen molar-refractivity contribution in [2.75, 3.05) is 25.1 Å². The molecule has 0 saturated carbocycles. The van der Waals surface area contributed by atoms with Crippen molar-refractivity contribution >= 4 is 23.5 Å². The van der Waals surface area contributed by atoms with Crippen LogP contribution in [0, 0.1) is 0 Å². The Bertz CT molecular complexity index is 568. The van der Waals surface area contributed by atoms with Crippen LogP contribution in [0.15, 0.2) is 18.2 Å². The number of ether oxygens (including phenoxy) is 1. The summed E-state index contributed by atoms with van der Waals surface area (Å²) in [7, 11) is 1.71. The van der Waals surface area contributed by atoms with Crippen LogP contribution >= 0.6 is 0 Å². The van der Waals surface area contributed by atoms with Gasteiger partial charge in [-0.3, -0.25) is 9.59 Å². The Kier molecular flexibility index (Phi) is 4.02. The van der Waals surface area contributed by atoms with Gasteiger partial charge in [-0.15, -0.1) is 0 Å². The third-order valence-corrected chi connectivity index (χ3v) is 3.15. The van der Waals surface area contributed by atoms with Crippen molar-refractivity contribution in [1.29, 1.82) is 0 Å². The lowest BCUT2D eigenvalue weighted by Gasteiger charge is -2.10. The van der Waals surface area contributed by atoms with Crippen LogP contribution in [0.5, 0.6) is 0 Å². The van der Waals surface area contributed by atoms with E-state index in [1.54, 1.807) is 37.1 Å². The molecule has 0 bridgehead atoms. The maximum atomic E-state index is 11.9. The van der Waals surface area contributed by atoms with Crippen LogP contribution in [0.2, 0.25) is 0 Å². The molecule has 106 valence electrons. The number of fused-ring (bicyclic) bond motifs is 1. The minimum Gasteiger partial charge on any atom is -0.450 e. The van der Waals surface area contributed by atoms with Crippen molar-refractivity contribution in [2.24, 2.45) is 0 Å². The highest BCUT2D eigenvalue weighted by Crippen LogP contribution is 2.28. The summed E-state index contributed by atoms with van der Waals surface area (Å²) in [6, 6.07) is 5.10. The average Bonchev–Trinajstić information content (AvgIpc) is 2.71. The summed E-state index contributed by atoms with van der Waals surface area (Å²) in [5.74, 6) is -0.211. The Hall–Kier alpha value is -2.37. The SMILES string of the molecule is CCOC(=O)NCC(=O)c1ccc2c(c1)CC(=O)N2C. The molecule has 6 heteroatoms. The standard InChI is InChI=1S/C14H16N2O4/c1-3-20-14(19)15-8-12(17)9-4-5-11-10(6-9)7-13(18)16(11)2/h4-6H,3,7-8H2,1-2H3,(H,15,19). The third kappa shape index (κ3) is 2.79. The third-order valence-electron chi connectivity index (χ3n) is 3.15. The van der Waals surface area contributed by atoms with Gasteiger partial charge in [0.05, 0.1) is 19.6 Å². The van der Waals surface area contributed by atoms with Crippen LogP contribution in [0.3, 0.4) is 0 Å². The first-order valence-electron chi connectivity index (χ1n) is 6.36. The van der Waals surface area contributed by atoms with Crippen molar-refractivity contribution in [3.05, 3.63) is 29.3 Å². The minimum atomic E-state index is -0.614. The quantitative estimate of drug-likeness (QED) is 0.837. The van der Waals surface area contributed by atoms with Gasteiger partial charge < -0.3 is 15.0 Å². The molecule has 1 N–H and O–H groups in total. The van der Waals surface area contributed by atoms with E-state index in [0.717, 1.165) is 11.3 Å². The zero-order valence-corrected chi connectivity index (χ0v) is 11.4. The molecule has 2 amide bonds. The lowest BCUT2D eigenvalue weighted by molar-refractivity contribution is -0.117. The molecular weight excluding hydrogens is 260 g/mol. The number of carbonyl (C=O) groups is 3. The van der Waals surface area contributed by atoms with E-state index < -0.39 is 6.09 Å². The Morgan fingerprint density at radius 1 is 1.40 bits per heavy atom. The summed E-state index contributed by atoms with van der Waals surface area (Å²) in [5, 5.41) is 2.38. The molecule has 2 rings (SSSR count). The van der Waals surface area contributed by atoms with Gasteiger partial charge in [0.1, 0.15) is 0 Å². The lowest BCUT2D eigenvalue weighted by Crippen LogP contribution is -2.30. The molecular formula is C14H16N2O4. The number of likely N-dealkylation sites (N-methyl/N-ethyl adjacent to an activating group) is 1. The van der Waals surface area contributed by atoms with Gasteiger partial charge in [-0.25, -0.2) is 4.79 Å². The molecule has 1 aromatic carbocycles. The molecule has 1 aromatic rings. The van der Waals surface area contributed by atoms with Gasteiger partial charge in [-0.1, -0.05) is 0 Å². The molecule has 0 radical (unpaired) electrons. The van der Waals surface area contributed by atoms with Crippen LogP contribution in [0.1, 0.15) is 22.8 Å². The first-order valence-corrected chi connectivity index (χ1v) is 6.36. The van der Waals surface area contributed by atoms with Gasteiger partial charge in [0.25, 0.3) is 0 Å². The second-order valence-electron chi connectivity index (χ2n) is 4.47. The number of hydrogen-bond acceptors (Lipinski definition) is 4. The van der Waals surface area contributed by atoms with Crippen molar-refractivity contribution in [3.8, 4) is 0 Å². The Labute approximate surface area is 116 Å². The highest BCUT2D eigenvalue weighted by atomic mass is 16.5. The van der Waals surface area contributed by atoms with E-state index in [9.17, 15) is 14.4 Å². The van der Waals surface area contributed by atoms with Crippen LogP contribution in [-0.2, 0) is 16.0 Å². The first-order chi connectivity index (χ1) is 9.52. The molecule has 0 aliphatic carbocycles. The molecule has 0 atom stereocenters. The second kappa shape index (κ2) is 5.73. The van der Waals surface area contributed by atoms with E-state index >= 15 is 0 Å². The maximum Gasteiger partial charge on any atom is 0.407 e. The summed E-state index contributed by atoms with van der Waals surface area (Å²) < 4.78 is 4.68. The monoisotopic (exact) mass is 276 g/mol. The molecule has 1 aliphatic heterocycles. The van der Waals surface area contributed by atoms with Crippen LogP contribution < -0.4 is 10.2 Å². The minimum absolute atomic E-state index is 0.00856. The van der Waals surface area contributed by atoms with E-state index in [1.165, 1.54) is 0 Å². The molecule has 0 unspecified atom stereocenters. The van der Waals surface area contributed by atoms with Crippen molar-refractivity contribution < 1.29 is 19.1 Å². The number of hydrogen-bond donors (Lipinski definition) is 1. The molecule has 1 heterocycles. The number of alkyl carbamates (subject to hydrolysis) is 1. The summed E-state index contributed by atoms with van der Waals surface area (Å²) in [5.41, 5.74) is 2.13. The average molecular weight is 276 g/mol. The summed E-state index contributed by atoms with van der Waals surface area (Å²) >= 11 is 0. The largest absolute Gasteiger partial charge is 0.450 e. The summed E-state index contributed by atoms with van der Waals surface area (Å²) in [6.45, 7) is 1.82. The van der Waals surface area contributed by atoms with E-state index in [-0.39, 0.29) is 24.8 Å². The number of ketones is 1. The van der Waals surface area contributed by atoms with Gasteiger partial charge >= 0.3 is 6.09 Å². The predicted molar refractivity (Wildman–Crippen MR) is 72.9 cm³/mol. The van der Waals surface area contributed by atoms with Crippen molar-refractivity contribution in [2.45, 2.75) is 13.3 Å². The maximum absolute atomic E-state index is 11.9. The van der Waals surface area contributed by atoms with Gasteiger partial charge in [0, 0.05) is 18.3 Å². The van der Waals surface area contributed by atoms with Crippen LogP contribution in [0.4, 0.5) is 10.5 Å². The van der Waals surface area contributed by atoms with E-state index in [4.69, 9.17) is 0 Å². The Morgan fingerprint density at radius 2 is 2.15 bits per heavy atom. The van der Waals surface area contributed by atoms with Crippen LogP contribution in [-0.4, -0.2) is 38.0 Å². The van der Waals surface area contributed by atoms with Crippen LogP contribution in [0.25, 0.3) is 0 Å². The van der Waals surface area contributed by atoms with Gasteiger partial charge in [0.15, 0.2) is 5.78 Å². The van der Waals surface area contributed by atoms with E-state index in [0.29, 0.717) is 12.0 Å². The molecule has 20 heavy (non-hydrogen) atoms. The molecule has 0 fully saturated rings. The predicted octanol–water partition coefficient (Wildman–Crippen LogP) is 1.13. The Morgan fingerprint density at radius 3 is 2.85 bits per heavy atom. The number of nitrogens with one attached hydrogen (secondary N) is 1. The highest BCUT2D eigenvalue weighted by molar-refractivity contribution is 6.04. The normalized spacial score (nSPS) is 13.1. The second-order valence-corrected chi connectivity index (χ2v) is 4.47. The zero-order chi connectivity index (χ0) is 14.7. The zero-order valence-electron chi connectivity index (χ0n) is 11.4. The van der Waals surface area contributed by atoms with Gasteiger partial charge in [-0.2, -0.15) is 0 Å². The van der Waals surface area contributed by atoms with E-state index in [1.807, 2.05) is 0 Å². The number of carbonyl (C=O) groups excluding carboxylic acids is 3. The number of anilines is 1. The molecule has 0 saturated heterocycles. The number of rotatable bonds is 4. The molecule has 0 aromatic heterocycles. The van der Waals surface area contributed by atoms with Crippen molar-refractivity contribution in [3.63, 3.8) is 0 Å². The summed E-state index contributed by atoms with van der Waals surface area (Å²) in [6.07, 6.45) is -0.310. The fourth-order valence-electron chi connectivity index (χ4n) is 2.08. The molecule has 0 spiro atoms. The van der Waals surface area contributed by atoms with Crippen molar-refractivity contribution in [1.82, 2.24) is 5.32 Å². The summed E-state index contributed by atoms with van der Waals surface area (Å²) in [4.78, 5) is 36.2. The topological polar surface area (TPSA) is 75.7 Å². The molecule has 6 nitrogen and oxygen atoms in total. The van der Waals surface area contributed by atoms with Gasteiger partial charge in [0.2, 0.25) is 5.91 Å². The fourth-order valence-corrected chi connectivity index (χ4v) is 2.08. The number of benzene rings is 1. The first kappa shape index (κ1) is 14.0. The highest BCUT2D eigenvalue weighted by Gasteiger charge is 2.24. The smallest absolute Gasteiger partial charge is 0.407 e.